The molecular formula is C13H27N3. The molecule has 3 nitrogen and oxygen atoms in total. The molecule has 0 amide bonds. The summed E-state index contributed by atoms with van der Waals surface area (Å²) in [6.45, 7) is 6.00. The van der Waals surface area contributed by atoms with E-state index in [4.69, 9.17) is 5.73 Å². The van der Waals surface area contributed by atoms with E-state index in [0.29, 0.717) is 6.17 Å². The Labute approximate surface area is 100.0 Å². The van der Waals surface area contributed by atoms with Crippen molar-refractivity contribution >= 4 is 0 Å². The van der Waals surface area contributed by atoms with E-state index < -0.39 is 0 Å². The third-order valence-electron chi connectivity index (χ3n) is 4.05. The van der Waals surface area contributed by atoms with Gasteiger partial charge < -0.3 is 5.73 Å². The Kier molecular flexibility index (Phi) is 5.07. The van der Waals surface area contributed by atoms with Crippen LogP contribution in [0, 0.1) is 0 Å². The number of likely N-dealkylation sites (tertiary alicyclic amines) is 2. The van der Waals surface area contributed by atoms with Crippen LogP contribution in [0.25, 0.3) is 0 Å². The third kappa shape index (κ3) is 3.19. The number of hydrogen-bond acceptors (Lipinski definition) is 3. The summed E-state index contributed by atoms with van der Waals surface area (Å²) in [5.74, 6) is 0. The van der Waals surface area contributed by atoms with Gasteiger partial charge in [0.15, 0.2) is 0 Å². The lowest BCUT2D eigenvalue weighted by Crippen LogP contribution is -2.52. The first-order valence-corrected chi connectivity index (χ1v) is 7.10. The topological polar surface area (TPSA) is 32.5 Å². The molecule has 16 heavy (non-hydrogen) atoms. The molecule has 0 saturated carbocycles. The summed E-state index contributed by atoms with van der Waals surface area (Å²) in [6.07, 6.45) is 10.2. The zero-order valence-corrected chi connectivity index (χ0v) is 10.5. The lowest BCUT2D eigenvalue weighted by molar-refractivity contribution is 0.0134. The molecule has 0 aromatic carbocycles. The summed E-state index contributed by atoms with van der Waals surface area (Å²) in [5.41, 5.74) is 5.79. The maximum atomic E-state index is 5.79. The molecule has 2 saturated heterocycles. The fraction of sp³-hybridized carbons (Fsp3) is 1.00. The van der Waals surface area contributed by atoms with E-state index in [1.807, 2.05) is 0 Å². The first-order chi connectivity index (χ1) is 7.92. The minimum Gasteiger partial charge on any atom is -0.330 e. The Morgan fingerprint density at radius 1 is 0.750 bits per heavy atom. The Bertz CT molecular complexity index is 166. The number of rotatable bonds is 4. The zero-order chi connectivity index (χ0) is 11.2. The van der Waals surface area contributed by atoms with Gasteiger partial charge in [-0.2, -0.15) is 0 Å². The van der Waals surface area contributed by atoms with Crippen molar-refractivity contribution < 1.29 is 0 Å². The van der Waals surface area contributed by atoms with E-state index in [1.165, 1.54) is 64.7 Å². The number of piperidine rings is 2. The van der Waals surface area contributed by atoms with E-state index in [-0.39, 0.29) is 0 Å². The van der Waals surface area contributed by atoms with Crippen molar-refractivity contribution in [3.05, 3.63) is 0 Å². The molecule has 0 spiro atoms. The number of nitrogens with two attached hydrogens (primary N) is 1. The van der Waals surface area contributed by atoms with Crippen molar-refractivity contribution in [2.75, 3.05) is 32.7 Å². The standard InChI is InChI=1S/C13H27N3/c14-8-7-13(15-9-3-1-4-10-15)16-11-5-2-6-12-16/h13H,1-12,14H2. The number of nitrogens with zero attached hydrogens (tertiary/aromatic N) is 2. The van der Waals surface area contributed by atoms with Crippen LogP contribution in [-0.2, 0) is 0 Å². The molecule has 0 unspecified atom stereocenters. The van der Waals surface area contributed by atoms with Gasteiger partial charge in [0.05, 0.1) is 6.17 Å². The summed E-state index contributed by atoms with van der Waals surface area (Å²) >= 11 is 0. The predicted molar refractivity (Wildman–Crippen MR) is 68.3 cm³/mol. The second-order valence-electron chi connectivity index (χ2n) is 5.25. The minimum absolute atomic E-state index is 0.644. The van der Waals surface area contributed by atoms with Crippen LogP contribution in [0.1, 0.15) is 44.9 Å². The summed E-state index contributed by atoms with van der Waals surface area (Å²) in [5, 5.41) is 0. The maximum absolute atomic E-state index is 5.79. The van der Waals surface area contributed by atoms with Crippen LogP contribution < -0.4 is 5.73 Å². The van der Waals surface area contributed by atoms with Gasteiger partial charge >= 0.3 is 0 Å². The molecule has 0 bridgehead atoms. The lowest BCUT2D eigenvalue weighted by Gasteiger charge is -2.43. The van der Waals surface area contributed by atoms with Crippen LogP contribution in [0.5, 0.6) is 0 Å². The molecule has 3 heteroatoms. The second-order valence-corrected chi connectivity index (χ2v) is 5.25. The van der Waals surface area contributed by atoms with Gasteiger partial charge in [0.2, 0.25) is 0 Å². The third-order valence-corrected chi connectivity index (χ3v) is 4.05. The quantitative estimate of drug-likeness (QED) is 0.789. The smallest absolute Gasteiger partial charge is 0.0634 e. The van der Waals surface area contributed by atoms with Crippen LogP contribution >= 0.6 is 0 Å². The molecule has 2 heterocycles. The minimum atomic E-state index is 0.644. The highest BCUT2D eigenvalue weighted by Crippen LogP contribution is 2.20. The largest absolute Gasteiger partial charge is 0.330 e. The van der Waals surface area contributed by atoms with Gasteiger partial charge in [-0.05, 0) is 64.8 Å². The fourth-order valence-electron chi connectivity index (χ4n) is 3.18. The molecule has 2 rings (SSSR count). The Balaban J connectivity index is 1.91. The van der Waals surface area contributed by atoms with Gasteiger partial charge in [-0.1, -0.05) is 12.8 Å². The molecule has 0 atom stereocenters. The molecule has 2 N–H and O–H groups in total. The van der Waals surface area contributed by atoms with E-state index in [2.05, 4.69) is 9.80 Å². The predicted octanol–water partition coefficient (Wildman–Crippen LogP) is 1.63. The molecular weight excluding hydrogens is 198 g/mol. The van der Waals surface area contributed by atoms with Crippen LogP contribution in [0.15, 0.2) is 0 Å². The first-order valence-electron chi connectivity index (χ1n) is 7.10. The molecule has 0 radical (unpaired) electrons. The van der Waals surface area contributed by atoms with E-state index in [9.17, 15) is 0 Å². The average Bonchev–Trinajstić information content (AvgIpc) is 2.38. The van der Waals surface area contributed by atoms with Gasteiger partial charge in [0.1, 0.15) is 0 Å². The van der Waals surface area contributed by atoms with Crippen LogP contribution in [0.3, 0.4) is 0 Å². The Morgan fingerprint density at radius 2 is 1.19 bits per heavy atom. The van der Waals surface area contributed by atoms with Crippen molar-refractivity contribution in [2.45, 2.75) is 51.1 Å². The monoisotopic (exact) mass is 225 g/mol. The van der Waals surface area contributed by atoms with Gasteiger partial charge in [-0.3, -0.25) is 9.80 Å². The summed E-state index contributed by atoms with van der Waals surface area (Å²) in [7, 11) is 0. The fourth-order valence-corrected chi connectivity index (χ4v) is 3.18. The average molecular weight is 225 g/mol. The maximum Gasteiger partial charge on any atom is 0.0634 e. The molecule has 94 valence electrons. The Hall–Kier alpha value is -0.120. The summed E-state index contributed by atoms with van der Waals surface area (Å²) < 4.78 is 0. The van der Waals surface area contributed by atoms with Crippen molar-refractivity contribution in [2.24, 2.45) is 5.73 Å². The molecule has 0 aromatic heterocycles. The molecule has 0 aliphatic carbocycles. The highest BCUT2D eigenvalue weighted by molar-refractivity contribution is 4.78. The molecule has 2 aliphatic rings. The van der Waals surface area contributed by atoms with Crippen LogP contribution in [0.2, 0.25) is 0 Å². The SMILES string of the molecule is NCCC(N1CCCCC1)N1CCCCC1. The molecule has 0 aromatic rings. The van der Waals surface area contributed by atoms with Crippen molar-refractivity contribution in [3.63, 3.8) is 0 Å². The highest BCUT2D eigenvalue weighted by Gasteiger charge is 2.26. The summed E-state index contributed by atoms with van der Waals surface area (Å²) in [4.78, 5) is 5.36. The first kappa shape index (κ1) is 12.3. The van der Waals surface area contributed by atoms with Gasteiger partial charge in [-0.25, -0.2) is 0 Å². The van der Waals surface area contributed by atoms with Crippen molar-refractivity contribution in [1.82, 2.24) is 9.80 Å². The molecule has 2 fully saturated rings. The van der Waals surface area contributed by atoms with Gasteiger partial charge in [0.25, 0.3) is 0 Å². The summed E-state index contributed by atoms with van der Waals surface area (Å²) in [6, 6.07) is 0. The van der Waals surface area contributed by atoms with Gasteiger partial charge in [0, 0.05) is 0 Å². The van der Waals surface area contributed by atoms with Crippen molar-refractivity contribution in [1.29, 1.82) is 0 Å². The molecule has 2 aliphatic heterocycles. The zero-order valence-electron chi connectivity index (χ0n) is 10.5. The van der Waals surface area contributed by atoms with E-state index in [0.717, 1.165) is 13.0 Å². The van der Waals surface area contributed by atoms with E-state index >= 15 is 0 Å². The van der Waals surface area contributed by atoms with Crippen LogP contribution in [0.4, 0.5) is 0 Å². The lowest BCUT2D eigenvalue weighted by atomic mass is 10.1. The Morgan fingerprint density at radius 3 is 1.56 bits per heavy atom. The highest BCUT2D eigenvalue weighted by atomic mass is 15.4. The van der Waals surface area contributed by atoms with Crippen molar-refractivity contribution in [3.8, 4) is 0 Å². The van der Waals surface area contributed by atoms with Crippen LogP contribution in [-0.4, -0.2) is 48.7 Å². The second kappa shape index (κ2) is 6.58. The van der Waals surface area contributed by atoms with Gasteiger partial charge in [-0.15, -0.1) is 0 Å². The normalized spacial score (nSPS) is 25.1. The van der Waals surface area contributed by atoms with E-state index in [1.54, 1.807) is 0 Å². The number of hydrogen-bond donors (Lipinski definition) is 1.